The number of hydrogen-bond acceptors (Lipinski definition) is 2. The fourth-order valence-electron chi connectivity index (χ4n) is 2.89. The summed E-state index contributed by atoms with van der Waals surface area (Å²) in [6.07, 6.45) is 1.69. The molecule has 0 saturated heterocycles. The maximum Gasteiger partial charge on any atom is 0.182 e. The summed E-state index contributed by atoms with van der Waals surface area (Å²) >= 11 is 0. The van der Waals surface area contributed by atoms with E-state index in [4.69, 9.17) is 5.73 Å². The molecular formula is C17H18F2N2. The fraction of sp³-hybridized carbons (Fsp3) is 0.294. The molecular weight excluding hydrogens is 270 g/mol. The van der Waals surface area contributed by atoms with Gasteiger partial charge in [-0.15, -0.1) is 0 Å². The van der Waals surface area contributed by atoms with E-state index in [1.165, 1.54) is 11.1 Å². The van der Waals surface area contributed by atoms with Gasteiger partial charge in [-0.2, -0.15) is 0 Å². The molecule has 0 fully saturated rings. The van der Waals surface area contributed by atoms with Crippen LogP contribution in [-0.2, 0) is 19.4 Å². The molecule has 0 unspecified atom stereocenters. The van der Waals surface area contributed by atoms with Gasteiger partial charge in [-0.3, -0.25) is 0 Å². The molecule has 0 bridgehead atoms. The number of nitrogens with two attached hydrogens (primary N) is 1. The van der Waals surface area contributed by atoms with Crippen LogP contribution in [0.1, 0.15) is 16.7 Å². The minimum Gasteiger partial charge on any atom is -0.368 e. The Kier molecular flexibility index (Phi) is 3.88. The van der Waals surface area contributed by atoms with E-state index in [0.717, 1.165) is 12.8 Å². The molecule has 0 aliphatic carbocycles. The SMILES string of the molecule is NCc1ccc(N2CCc3ccccc3CC2)c(F)c1F. The van der Waals surface area contributed by atoms with Crippen LogP contribution in [0, 0.1) is 11.6 Å². The van der Waals surface area contributed by atoms with Gasteiger partial charge in [0.25, 0.3) is 0 Å². The van der Waals surface area contributed by atoms with E-state index in [1.807, 2.05) is 17.0 Å². The van der Waals surface area contributed by atoms with Crippen molar-refractivity contribution in [1.82, 2.24) is 0 Å². The lowest BCUT2D eigenvalue weighted by molar-refractivity contribution is 0.497. The number of nitrogens with zero attached hydrogens (tertiary/aromatic N) is 1. The summed E-state index contributed by atoms with van der Waals surface area (Å²) in [6.45, 7) is 1.39. The van der Waals surface area contributed by atoms with Crippen molar-refractivity contribution in [3.8, 4) is 0 Å². The van der Waals surface area contributed by atoms with Crippen LogP contribution in [0.25, 0.3) is 0 Å². The molecule has 0 radical (unpaired) electrons. The molecule has 3 rings (SSSR count). The maximum atomic E-state index is 14.2. The van der Waals surface area contributed by atoms with Crippen LogP contribution >= 0.6 is 0 Å². The van der Waals surface area contributed by atoms with Crippen molar-refractivity contribution in [2.75, 3.05) is 18.0 Å². The Balaban J connectivity index is 1.88. The first-order chi connectivity index (χ1) is 10.2. The van der Waals surface area contributed by atoms with Gasteiger partial charge in [-0.25, -0.2) is 8.78 Å². The van der Waals surface area contributed by atoms with Crippen LogP contribution in [0.4, 0.5) is 14.5 Å². The van der Waals surface area contributed by atoms with Crippen molar-refractivity contribution in [1.29, 1.82) is 0 Å². The Morgan fingerprint density at radius 1 is 0.905 bits per heavy atom. The Bertz CT molecular complexity index is 628. The zero-order chi connectivity index (χ0) is 14.8. The van der Waals surface area contributed by atoms with Gasteiger partial charge in [0.2, 0.25) is 0 Å². The van der Waals surface area contributed by atoms with Gasteiger partial charge in [0.15, 0.2) is 11.6 Å². The number of rotatable bonds is 2. The van der Waals surface area contributed by atoms with E-state index >= 15 is 0 Å². The predicted molar refractivity (Wildman–Crippen MR) is 80.3 cm³/mol. The second-order valence-corrected chi connectivity index (χ2v) is 5.33. The summed E-state index contributed by atoms with van der Waals surface area (Å²) in [5.41, 5.74) is 8.54. The van der Waals surface area contributed by atoms with Crippen molar-refractivity contribution in [2.24, 2.45) is 5.73 Å². The average Bonchev–Trinajstić information content (AvgIpc) is 2.73. The Morgan fingerprint density at radius 3 is 2.10 bits per heavy atom. The summed E-state index contributed by atoms with van der Waals surface area (Å²) in [6, 6.07) is 11.5. The first kappa shape index (κ1) is 14.0. The van der Waals surface area contributed by atoms with Gasteiger partial charge in [-0.1, -0.05) is 30.3 Å². The topological polar surface area (TPSA) is 29.3 Å². The van der Waals surface area contributed by atoms with Gasteiger partial charge in [0.05, 0.1) is 5.69 Å². The molecule has 0 aromatic heterocycles. The Labute approximate surface area is 123 Å². The van der Waals surface area contributed by atoms with Gasteiger partial charge >= 0.3 is 0 Å². The van der Waals surface area contributed by atoms with E-state index in [0.29, 0.717) is 18.8 Å². The van der Waals surface area contributed by atoms with Gasteiger partial charge in [0, 0.05) is 25.2 Å². The van der Waals surface area contributed by atoms with Gasteiger partial charge < -0.3 is 10.6 Å². The lowest BCUT2D eigenvalue weighted by Gasteiger charge is -2.23. The molecule has 1 aliphatic heterocycles. The molecule has 0 spiro atoms. The molecule has 0 atom stereocenters. The molecule has 2 nitrogen and oxygen atoms in total. The highest BCUT2D eigenvalue weighted by Gasteiger charge is 2.20. The second-order valence-electron chi connectivity index (χ2n) is 5.33. The van der Waals surface area contributed by atoms with Crippen molar-refractivity contribution in [3.05, 3.63) is 64.7 Å². The third-order valence-corrected chi connectivity index (χ3v) is 4.12. The summed E-state index contributed by atoms with van der Waals surface area (Å²) in [5.74, 6) is -1.61. The standard InChI is InChI=1S/C17H18F2N2/c18-16-14(11-20)5-6-15(17(16)19)21-9-7-12-3-1-2-4-13(12)8-10-21/h1-6H,7-11,20H2. The molecule has 0 saturated carbocycles. The van der Waals surface area contributed by atoms with Gasteiger partial charge in [0.1, 0.15) is 0 Å². The molecule has 2 aromatic carbocycles. The number of benzene rings is 2. The highest BCUT2D eigenvalue weighted by atomic mass is 19.2. The number of anilines is 1. The fourth-order valence-corrected chi connectivity index (χ4v) is 2.89. The van der Waals surface area contributed by atoms with Crippen molar-refractivity contribution >= 4 is 5.69 Å². The summed E-state index contributed by atoms with van der Waals surface area (Å²) in [4.78, 5) is 1.92. The molecule has 110 valence electrons. The molecule has 1 aliphatic rings. The van der Waals surface area contributed by atoms with E-state index < -0.39 is 11.6 Å². The van der Waals surface area contributed by atoms with Crippen LogP contribution < -0.4 is 10.6 Å². The number of halogens is 2. The van der Waals surface area contributed by atoms with E-state index in [1.54, 1.807) is 12.1 Å². The van der Waals surface area contributed by atoms with E-state index in [2.05, 4.69) is 12.1 Å². The minimum absolute atomic E-state index is 0.00841. The molecule has 0 amide bonds. The lowest BCUT2D eigenvalue weighted by Crippen LogP contribution is -2.27. The summed E-state index contributed by atoms with van der Waals surface area (Å²) < 4.78 is 28.1. The molecule has 2 N–H and O–H groups in total. The number of fused-ring (bicyclic) bond motifs is 1. The van der Waals surface area contributed by atoms with Gasteiger partial charge in [-0.05, 0) is 30.0 Å². The van der Waals surface area contributed by atoms with Crippen LogP contribution in [0.3, 0.4) is 0 Å². The highest BCUT2D eigenvalue weighted by Crippen LogP contribution is 2.26. The second kappa shape index (κ2) is 5.82. The van der Waals surface area contributed by atoms with E-state index in [-0.39, 0.29) is 12.1 Å². The van der Waals surface area contributed by atoms with Crippen molar-refractivity contribution < 1.29 is 8.78 Å². The van der Waals surface area contributed by atoms with Crippen molar-refractivity contribution in [3.63, 3.8) is 0 Å². The Morgan fingerprint density at radius 2 is 1.52 bits per heavy atom. The number of hydrogen-bond donors (Lipinski definition) is 1. The molecule has 21 heavy (non-hydrogen) atoms. The van der Waals surface area contributed by atoms with Crippen LogP contribution in [0.15, 0.2) is 36.4 Å². The predicted octanol–water partition coefficient (Wildman–Crippen LogP) is 3.03. The normalized spacial score (nSPS) is 14.7. The quantitative estimate of drug-likeness (QED) is 0.920. The molecule has 2 aromatic rings. The van der Waals surface area contributed by atoms with Crippen molar-refractivity contribution in [2.45, 2.75) is 19.4 Å². The first-order valence-electron chi connectivity index (χ1n) is 7.19. The molecule has 4 heteroatoms. The van der Waals surface area contributed by atoms with Crippen LogP contribution in [0.5, 0.6) is 0 Å². The third kappa shape index (κ3) is 2.63. The van der Waals surface area contributed by atoms with E-state index in [9.17, 15) is 8.78 Å². The highest BCUT2D eigenvalue weighted by molar-refractivity contribution is 5.51. The molecule has 1 heterocycles. The van der Waals surface area contributed by atoms with Crippen LogP contribution in [0.2, 0.25) is 0 Å². The zero-order valence-electron chi connectivity index (χ0n) is 11.8. The zero-order valence-corrected chi connectivity index (χ0v) is 11.8. The lowest BCUT2D eigenvalue weighted by atomic mass is 10.0. The summed E-state index contributed by atoms with van der Waals surface area (Å²) in [5, 5.41) is 0. The minimum atomic E-state index is -0.822. The van der Waals surface area contributed by atoms with Crippen LogP contribution in [-0.4, -0.2) is 13.1 Å². The largest absolute Gasteiger partial charge is 0.368 e. The smallest absolute Gasteiger partial charge is 0.182 e. The monoisotopic (exact) mass is 288 g/mol. The maximum absolute atomic E-state index is 14.2. The average molecular weight is 288 g/mol. The Hall–Kier alpha value is -1.94. The third-order valence-electron chi connectivity index (χ3n) is 4.12. The summed E-state index contributed by atoms with van der Waals surface area (Å²) in [7, 11) is 0. The first-order valence-corrected chi connectivity index (χ1v) is 7.19.